The monoisotopic (exact) mass is 185 g/mol. The second-order valence-electron chi connectivity index (χ2n) is 2.94. The lowest BCUT2D eigenvalue weighted by atomic mass is 10.1. The Morgan fingerprint density at radius 2 is 2.25 bits per heavy atom. The van der Waals surface area contributed by atoms with Gasteiger partial charge in [0.2, 0.25) is 5.13 Å². The fourth-order valence-electron chi connectivity index (χ4n) is 1.36. The van der Waals surface area contributed by atoms with E-state index in [0.29, 0.717) is 0 Å². The summed E-state index contributed by atoms with van der Waals surface area (Å²) in [6.45, 7) is 1.80. The van der Waals surface area contributed by atoms with Gasteiger partial charge >= 0.3 is 0 Å². The van der Waals surface area contributed by atoms with Gasteiger partial charge in [-0.3, -0.25) is 0 Å². The predicted octanol–water partition coefficient (Wildman–Crippen LogP) is 0.499. The molecule has 2 heterocycles. The number of piperidine rings is 1. The topological polar surface area (TPSA) is 49.2 Å². The number of aliphatic hydroxyl groups excluding tert-OH is 1. The van der Waals surface area contributed by atoms with E-state index in [1.165, 1.54) is 11.5 Å². The molecular formula is C7H11N3OS. The summed E-state index contributed by atoms with van der Waals surface area (Å²) in [6, 6.07) is 0. The van der Waals surface area contributed by atoms with Crippen LogP contribution in [0.15, 0.2) is 6.33 Å². The van der Waals surface area contributed by atoms with Crippen LogP contribution in [0.2, 0.25) is 0 Å². The Hall–Kier alpha value is -0.680. The first kappa shape index (κ1) is 7.94. The molecule has 0 aromatic carbocycles. The Morgan fingerprint density at radius 1 is 1.50 bits per heavy atom. The van der Waals surface area contributed by atoms with Gasteiger partial charge in [0.05, 0.1) is 6.10 Å². The van der Waals surface area contributed by atoms with Crippen molar-refractivity contribution in [3.8, 4) is 0 Å². The van der Waals surface area contributed by atoms with E-state index in [9.17, 15) is 5.11 Å². The Kier molecular flexibility index (Phi) is 2.23. The number of hydrogen-bond acceptors (Lipinski definition) is 5. The zero-order valence-electron chi connectivity index (χ0n) is 6.68. The van der Waals surface area contributed by atoms with Crippen molar-refractivity contribution in [1.29, 1.82) is 0 Å². The van der Waals surface area contributed by atoms with Crippen molar-refractivity contribution in [2.45, 2.75) is 18.9 Å². The maximum absolute atomic E-state index is 9.27. The predicted molar refractivity (Wildman–Crippen MR) is 47.4 cm³/mol. The van der Waals surface area contributed by atoms with E-state index in [0.717, 1.165) is 31.1 Å². The van der Waals surface area contributed by atoms with Gasteiger partial charge in [-0.2, -0.15) is 4.37 Å². The third kappa shape index (κ3) is 1.56. The summed E-state index contributed by atoms with van der Waals surface area (Å²) in [7, 11) is 0. The highest BCUT2D eigenvalue weighted by atomic mass is 32.1. The summed E-state index contributed by atoms with van der Waals surface area (Å²) < 4.78 is 3.94. The Balaban J connectivity index is 1.99. The highest BCUT2D eigenvalue weighted by Gasteiger charge is 2.18. The Bertz CT molecular complexity index is 231. The lowest BCUT2D eigenvalue weighted by Crippen LogP contribution is -2.35. The van der Waals surface area contributed by atoms with E-state index < -0.39 is 0 Å². The van der Waals surface area contributed by atoms with Gasteiger partial charge in [-0.15, -0.1) is 0 Å². The minimum Gasteiger partial charge on any atom is -0.393 e. The van der Waals surface area contributed by atoms with Gasteiger partial charge in [0, 0.05) is 24.6 Å². The molecule has 0 radical (unpaired) electrons. The zero-order valence-corrected chi connectivity index (χ0v) is 7.50. The van der Waals surface area contributed by atoms with Crippen molar-refractivity contribution in [1.82, 2.24) is 9.36 Å². The fourth-order valence-corrected chi connectivity index (χ4v) is 1.94. The first-order valence-corrected chi connectivity index (χ1v) is 4.83. The van der Waals surface area contributed by atoms with Crippen LogP contribution in [0.5, 0.6) is 0 Å². The molecule has 66 valence electrons. The second-order valence-corrected chi connectivity index (χ2v) is 3.70. The van der Waals surface area contributed by atoms with Crippen LogP contribution < -0.4 is 4.90 Å². The normalized spacial score (nSPS) is 19.9. The number of anilines is 1. The standard InChI is InChI=1S/C7H11N3OS/c11-6-1-3-10(4-2-6)7-8-5-9-12-7/h5-6,11H,1-4H2. The van der Waals surface area contributed by atoms with Crippen LogP contribution in [0.4, 0.5) is 5.13 Å². The quantitative estimate of drug-likeness (QED) is 0.692. The number of nitrogens with zero attached hydrogens (tertiary/aromatic N) is 3. The van der Waals surface area contributed by atoms with E-state index >= 15 is 0 Å². The molecule has 1 fully saturated rings. The lowest BCUT2D eigenvalue weighted by Gasteiger charge is -2.28. The molecular weight excluding hydrogens is 174 g/mol. The molecule has 1 aromatic heterocycles. The molecule has 0 aliphatic carbocycles. The van der Waals surface area contributed by atoms with Crippen LogP contribution in [-0.2, 0) is 0 Å². The van der Waals surface area contributed by atoms with Crippen molar-refractivity contribution >= 4 is 16.7 Å². The van der Waals surface area contributed by atoms with Gasteiger partial charge in [-0.1, -0.05) is 0 Å². The van der Waals surface area contributed by atoms with Crippen molar-refractivity contribution in [2.75, 3.05) is 18.0 Å². The molecule has 0 atom stereocenters. The molecule has 0 unspecified atom stereocenters. The van der Waals surface area contributed by atoms with Gasteiger partial charge in [-0.25, -0.2) is 4.98 Å². The summed E-state index contributed by atoms with van der Waals surface area (Å²) in [5.74, 6) is 0. The third-order valence-electron chi connectivity index (χ3n) is 2.08. The first-order valence-electron chi connectivity index (χ1n) is 4.06. The minimum absolute atomic E-state index is 0.117. The van der Waals surface area contributed by atoms with Gasteiger partial charge in [0.15, 0.2) is 0 Å². The summed E-state index contributed by atoms with van der Waals surface area (Å²) >= 11 is 1.41. The van der Waals surface area contributed by atoms with Gasteiger partial charge in [0.25, 0.3) is 0 Å². The molecule has 1 aromatic rings. The zero-order chi connectivity index (χ0) is 8.39. The third-order valence-corrected chi connectivity index (χ3v) is 2.81. The average molecular weight is 185 g/mol. The smallest absolute Gasteiger partial charge is 0.204 e. The molecule has 0 amide bonds. The van der Waals surface area contributed by atoms with Crippen molar-refractivity contribution < 1.29 is 5.11 Å². The summed E-state index contributed by atoms with van der Waals surface area (Å²) in [6.07, 6.45) is 3.15. The Labute approximate surface area is 75.0 Å². The highest BCUT2D eigenvalue weighted by Crippen LogP contribution is 2.19. The maximum atomic E-state index is 9.27. The lowest BCUT2D eigenvalue weighted by molar-refractivity contribution is 0.145. The first-order chi connectivity index (χ1) is 5.86. The van der Waals surface area contributed by atoms with Gasteiger partial charge in [-0.05, 0) is 12.8 Å². The molecule has 2 rings (SSSR count). The molecule has 1 saturated heterocycles. The largest absolute Gasteiger partial charge is 0.393 e. The molecule has 0 bridgehead atoms. The fraction of sp³-hybridized carbons (Fsp3) is 0.714. The molecule has 1 aliphatic heterocycles. The van der Waals surface area contributed by atoms with Crippen LogP contribution in [0, 0.1) is 0 Å². The maximum Gasteiger partial charge on any atom is 0.204 e. The second kappa shape index (κ2) is 3.37. The number of rotatable bonds is 1. The van der Waals surface area contributed by atoms with Crippen molar-refractivity contribution in [3.05, 3.63) is 6.33 Å². The van der Waals surface area contributed by atoms with Crippen molar-refractivity contribution in [2.24, 2.45) is 0 Å². The van der Waals surface area contributed by atoms with Crippen LogP contribution in [0.25, 0.3) is 0 Å². The van der Waals surface area contributed by atoms with E-state index in [-0.39, 0.29) is 6.10 Å². The molecule has 0 spiro atoms. The molecule has 5 heteroatoms. The van der Waals surface area contributed by atoms with Crippen molar-refractivity contribution in [3.63, 3.8) is 0 Å². The van der Waals surface area contributed by atoms with E-state index in [1.54, 1.807) is 6.33 Å². The van der Waals surface area contributed by atoms with Crippen LogP contribution in [0.3, 0.4) is 0 Å². The molecule has 1 N–H and O–H groups in total. The summed E-state index contributed by atoms with van der Waals surface area (Å²) in [5, 5.41) is 10.2. The number of hydrogen-bond donors (Lipinski definition) is 1. The van der Waals surface area contributed by atoms with Crippen LogP contribution in [0.1, 0.15) is 12.8 Å². The average Bonchev–Trinajstić information content (AvgIpc) is 2.58. The highest BCUT2D eigenvalue weighted by molar-refractivity contribution is 7.09. The number of aromatic nitrogens is 2. The number of aliphatic hydroxyl groups is 1. The van der Waals surface area contributed by atoms with Gasteiger partial charge in [0.1, 0.15) is 6.33 Å². The molecule has 12 heavy (non-hydrogen) atoms. The van der Waals surface area contributed by atoms with Crippen LogP contribution >= 0.6 is 11.5 Å². The van der Waals surface area contributed by atoms with E-state index in [4.69, 9.17) is 0 Å². The molecule has 1 aliphatic rings. The SMILES string of the molecule is OC1CCN(c2ncns2)CC1. The van der Waals surface area contributed by atoms with E-state index in [2.05, 4.69) is 14.3 Å². The minimum atomic E-state index is -0.117. The summed E-state index contributed by atoms with van der Waals surface area (Å²) in [5.41, 5.74) is 0. The molecule has 0 saturated carbocycles. The van der Waals surface area contributed by atoms with Crippen LogP contribution in [-0.4, -0.2) is 33.7 Å². The van der Waals surface area contributed by atoms with Gasteiger partial charge < -0.3 is 10.0 Å². The van der Waals surface area contributed by atoms with E-state index in [1.807, 2.05) is 0 Å². The Morgan fingerprint density at radius 3 is 2.83 bits per heavy atom. The summed E-state index contributed by atoms with van der Waals surface area (Å²) in [4.78, 5) is 6.29. The molecule has 4 nitrogen and oxygen atoms in total.